The van der Waals surface area contributed by atoms with Crippen molar-refractivity contribution in [2.45, 2.75) is 0 Å². The Bertz CT molecular complexity index is 6820. The van der Waals surface area contributed by atoms with Crippen LogP contribution in [0, 0.1) is 0 Å². The number of aromatic hydroxyl groups is 4. The van der Waals surface area contributed by atoms with Crippen LogP contribution in [0.4, 0.5) is 0 Å². The number of fused-ring (bicyclic) bond motifs is 20. The van der Waals surface area contributed by atoms with Crippen LogP contribution in [0.5, 0.6) is 69.0 Å². The highest BCUT2D eigenvalue weighted by Crippen LogP contribution is 2.47. The van der Waals surface area contributed by atoms with Gasteiger partial charge < -0.3 is 49.3 Å². The maximum Gasteiger partial charge on any atom is 0.275 e. The molecule has 28 nitrogen and oxygen atoms in total. The first kappa shape index (κ1) is 71.9. The molecule has 116 heavy (non-hydrogen) atoms. The molecule has 0 saturated heterocycles. The number of hydrazone groups is 4. The van der Waals surface area contributed by atoms with E-state index in [9.17, 15) is 39.6 Å². The predicted octanol–water partition coefficient (Wildman–Crippen LogP) is 15.9. The number of amides is 4. The van der Waals surface area contributed by atoms with E-state index in [0.29, 0.717) is 89.1 Å². The van der Waals surface area contributed by atoms with E-state index < -0.39 is 23.6 Å². The van der Waals surface area contributed by atoms with E-state index in [-0.39, 0.29) is 114 Å². The number of H-pyrrole nitrogens is 2. The molecular weight excluding hydrogens is 1470 g/mol. The second kappa shape index (κ2) is 31.5. The summed E-state index contributed by atoms with van der Waals surface area (Å²) in [5.74, 6) is -0.719. The summed E-state index contributed by atoms with van der Waals surface area (Å²) in [6.45, 7) is 0. The summed E-state index contributed by atoms with van der Waals surface area (Å²) < 4.78 is 27.8. The number of carbonyl (C=O) groups is 4. The van der Waals surface area contributed by atoms with Crippen LogP contribution in [0.15, 0.2) is 287 Å². The molecule has 0 atom stereocenters. The quantitative estimate of drug-likeness (QED) is 0.0250. The largest absolute Gasteiger partial charge is 0.507 e. The summed E-state index contributed by atoms with van der Waals surface area (Å²) in [5.41, 5.74) is 14.3. The molecule has 10 N–H and O–H groups in total. The number of carbonyl (C=O) groups excluding carboxylic acids is 4. The SMILES string of the molecule is O=C(N/N=C\c1ccccc1Oc1cccc2c1-c1nc-2nc2[nH]c(nc3nc(nc4[nH]c(n1)c1c(Oc5ccccc5/C=N/NC(=O)c5ccccc5O)cccc41)-c1c(Oc4ccccc4/C=N/NC(=O)c4ccccc4O)cccc1-3)c1cccc(Oc3ccccc3/C=N/NC(=O)c3ccccc3O)c21)c1ccccc1O. The van der Waals surface area contributed by atoms with Crippen LogP contribution in [-0.2, 0) is 0 Å². The van der Waals surface area contributed by atoms with Gasteiger partial charge in [-0.25, -0.2) is 51.6 Å². The summed E-state index contributed by atoms with van der Waals surface area (Å²) in [6, 6.07) is 73.8. The summed E-state index contributed by atoms with van der Waals surface area (Å²) in [7, 11) is 0. The number of para-hydroxylation sites is 8. The van der Waals surface area contributed by atoms with E-state index >= 15 is 0 Å². The van der Waals surface area contributed by atoms with Crippen LogP contribution >= 0.6 is 0 Å². The van der Waals surface area contributed by atoms with Crippen molar-refractivity contribution < 1.29 is 58.6 Å². The molecule has 562 valence electrons. The average molecular weight is 1530 g/mol. The third kappa shape index (κ3) is 14.6. The van der Waals surface area contributed by atoms with Gasteiger partial charge in [0, 0.05) is 44.2 Å². The van der Waals surface area contributed by atoms with Crippen LogP contribution in [0.1, 0.15) is 63.7 Å². The predicted molar refractivity (Wildman–Crippen MR) is 435 cm³/mol. The monoisotopic (exact) mass is 1530 g/mol. The fourth-order valence-corrected chi connectivity index (χ4v) is 12.9. The zero-order chi connectivity index (χ0) is 79.2. The topological polar surface area (TPSA) is 393 Å². The van der Waals surface area contributed by atoms with Crippen LogP contribution in [-0.4, -0.2) is 109 Å². The molecule has 4 amide bonds. The smallest absolute Gasteiger partial charge is 0.275 e. The Hall–Kier alpha value is -17.0. The molecule has 0 saturated carbocycles. The van der Waals surface area contributed by atoms with Crippen LogP contribution in [0.3, 0.4) is 0 Å². The van der Waals surface area contributed by atoms with Gasteiger partial charge in [0.15, 0.2) is 23.3 Å². The Labute approximate surface area is 655 Å². The Morgan fingerprint density at radius 3 is 0.871 bits per heavy atom. The van der Waals surface area contributed by atoms with Gasteiger partial charge in [0.1, 0.15) is 91.6 Å². The maximum absolute atomic E-state index is 13.3. The Morgan fingerprint density at radius 1 is 0.276 bits per heavy atom. The van der Waals surface area contributed by atoms with E-state index in [1.165, 1.54) is 73.4 Å². The molecule has 28 heteroatoms. The van der Waals surface area contributed by atoms with Gasteiger partial charge in [0.05, 0.1) is 69.0 Å². The molecule has 0 unspecified atom stereocenters. The fraction of sp³-hybridized carbons (Fsp3) is 0. The number of benzene rings is 12. The molecule has 15 aromatic rings. The molecule has 5 heterocycles. The zero-order valence-corrected chi connectivity index (χ0v) is 60.2. The first-order chi connectivity index (χ1) is 56.8. The maximum atomic E-state index is 13.3. The van der Waals surface area contributed by atoms with Crippen molar-refractivity contribution in [1.82, 2.24) is 61.6 Å². The number of hydrogen-bond donors (Lipinski definition) is 10. The molecular formula is C88H58N16O12. The molecule has 3 aromatic heterocycles. The number of phenols is 4. The minimum atomic E-state index is -0.653. The van der Waals surface area contributed by atoms with Crippen LogP contribution < -0.4 is 40.7 Å². The third-order valence-corrected chi connectivity index (χ3v) is 18.4. The fourth-order valence-electron chi connectivity index (χ4n) is 12.9. The summed E-state index contributed by atoms with van der Waals surface area (Å²) >= 11 is 0. The van der Waals surface area contributed by atoms with E-state index in [2.05, 4.69) is 52.1 Å². The molecule has 2 aliphatic heterocycles. The zero-order valence-electron chi connectivity index (χ0n) is 60.2. The summed E-state index contributed by atoms with van der Waals surface area (Å²) in [4.78, 5) is 92.2. The summed E-state index contributed by atoms with van der Waals surface area (Å²) in [5, 5.41) is 60.6. The molecule has 17 rings (SSSR count). The van der Waals surface area contributed by atoms with Crippen molar-refractivity contribution in [2.24, 2.45) is 20.4 Å². The van der Waals surface area contributed by atoms with Crippen molar-refractivity contribution in [3.8, 4) is 115 Å². The second-order valence-corrected chi connectivity index (χ2v) is 25.7. The molecule has 12 aromatic carbocycles. The van der Waals surface area contributed by atoms with Gasteiger partial charge in [-0.3, -0.25) is 19.2 Å². The lowest BCUT2D eigenvalue weighted by atomic mass is 10.1. The molecule has 0 spiro atoms. The van der Waals surface area contributed by atoms with Crippen LogP contribution in [0.2, 0.25) is 0 Å². The lowest BCUT2D eigenvalue weighted by Gasteiger charge is -2.12. The van der Waals surface area contributed by atoms with Gasteiger partial charge in [-0.2, -0.15) is 20.4 Å². The Balaban J connectivity index is 0.864. The van der Waals surface area contributed by atoms with E-state index in [0.717, 1.165) is 0 Å². The average Bonchev–Trinajstić information content (AvgIpc) is 1.59. The normalized spacial score (nSPS) is 11.6. The van der Waals surface area contributed by atoms with Crippen molar-refractivity contribution in [3.63, 3.8) is 0 Å². The van der Waals surface area contributed by atoms with Crippen LogP contribution in [0.25, 0.3) is 89.7 Å². The van der Waals surface area contributed by atoms with Gasteiger partial charge in [-0.05, 0) is 121 Å². The number of nitrogens with one attached hydrogen (secondary N) is 6. The molecule has 0 aliphatic carbocycles. The van der Waals surface area contributed by atoms with Crippen molar-refractivity contribution >= 4 is 92.6 Å². The molecule has 0 radical (unpaired) electrons. The Kier molecular flexibility index (Phi) is 19.5. The molecule has 0 fully saturated rings. The van der Waals surface area contributed by atoms with E-state index in [4.69, 9.17) is 48.9 Å². The summed E-state index contributed by atoms with van der Waals surface area (Å²) in [6.07, 6.45) is 5.65. The van der Waals surface area contributed by atoms with Crippen molar-refractivity contribution in [2.75, 3.05) is 0 Å². The third-order valence-electron chi connectivity index (χ3n) is 18.4. The molecule has 8 bridgehead atoms. The number of nitrogens with zero attached hydrogens (tertiary/aromatic N) is 10. The number of rotatable bonds is 20. The highest BCUT2D eigenvalue weighted by Gasteiger charge is 2.30. The number of aromatic amines is 2. The minimum absolute atomic E-state index is 0.0144. The highest BCUT2D eigenvalue weighted by atomic mass is 16.5. The number of hydrogen-bond acceptors (Lipinski definition) is 22. The van der Waals surface area contributed by atoms with E-state index in [1.807, 2.05) is 24.3 Å². The van der Waals surface area contributed by atoms with Gasteiger partial charge >= 0.3 is 0 Å². The first-order valence-corrected chi connectivity index (χ1v) is 35.7. The number of phenolic OH excluding ortho intramolecular Hbond substituents is 4. The first-order valence-electron chi connectivity index (χ1n) is 35.7. The lowest BCUT2D eigenvalue weighted by Crippen LogP contribution is -2.17. The number of ether oxygens (including phenoxy) is 4. The van der Waals surface area contributed by atoms with Gasteiger partial charge in [0.2, 0.25) is 0 Å². The standard InChI is InChI=1S/C88H58N16O12/c105-61-33-9-5-25-53(61)85(109)101-89-45-49-21-1-13-37-65(49)113-69-41-17-29-57-73(69)81-94-77(57)93-78-58-30-18-42-70(114-66-38-14-2-22-50(66)46-90-102-86(110)54-26-6-10-34-62(54)106)74(58)82(95-78)97-80-60-32-20-44-72(116-68-40-16-4-24-52(68)48-92-104-88(112)56-28-8-12-36-64(56)108)76(60)84(99-80)100-83-75-59(79(96-81)98-83)31-19-43-71(75)115-67-39-15-3-23-51(67)47-91-103-87(111)55-27-7-11-35-63(55)107/h1-48,105-108H,(H,101,109)(H,102,110)(H,103,111)(H,104,112)(H2,93,94,95,96,97,98,99,100)/b89-45+,90-46+,91-47-,92-48+. The minimum Gasteiger partial charge on any atom is -0.507 e. The van der Waals surface area contributed by atoms with Gasteiger partial charge in [0.25, 0.3) is 23.6 Å². The Morgan fingerprint density at radius 2 is 0.534 bits per heavy atom. The number of aromatic nitrogens is 8. The van der Waals surface area contributed by atoms with Gasteiger partial charge in [-0.15, -0.1) is 0 Å². The van der Waals surface area contributed by atoms with Crippen molar-refractivity contribution in [3.05, 3.63) is 311 Å². The second-order valence-electron chi connectivity index (χ2n) is 25.7. The van der Waals surface area contributed by atoms with Crippen molar-refractivity contribution in [1.29, 1.82) is 0 Å². The van der Waals surface area contributed by atoms with Gasteiger partial charge in [-0.1, -0.05) is 146 Å². The molecule has 2 aliphatic rings. The lowest BCUT2D eigenvalue weighted by molar-refractivity contribution is 0.0944. The highest BCUT2D eigenvalue weighted by molar-refractivity contribution is 6.11. The van der Waals surface area contributed by atoms with E-state index in [1.54, 1.807) is 194 Å².